The van der Waals surface area contributed by atoms with Gasteiger partial charge in [0, 0.05) is 17.3 Å². The molecule has 0 fully saturated rings. The van der Waals surface area contributed by atoms with Gasteiger partial charge in [0.25, 0.3) is 0 Å². The van der Waals surface area contributed by atoms with Crippen LogP contribution >= 0.6 is 0 Å². The number of carboxylic acids is 1. The molecule has 3 aromatic heterocycles. The zero-order valence-electron chi connectivity index (χ0n) is 13.2. The lowest BCUT2D eigenvalue weighted by molar-refractivity contribution is 0.0693. The van der Waals surface area contributed by atoms with Gasteiger partial charge in [-0.3, -0.25) is 9.38 Å². The van der Waals surface area contributed by atoms with Gasteiger partial charge in [-0.15, -0.1) is 0 Å². The van der Waals surface area contributed by atoms with E-state index in [9.17, 15) is 9.90 Å². The van der Waals surface area contributed by atoms with Gasteiger partial charge in [0.2, 0.25) is 0 Å². The van der Waals surface area contributed by atoms with Crippen LogP contribution in [0, 0.1) is 0 Å². The van der Waals surface area contributed by atoms with E-state index in [1.165, 1.54) is 6.33 Å². The number of anilines is 2. The van der Waals surface area contributed by atoms with Gasteiger partial charge in [0.15, 0.2) is 11.3 Å². The molecule has 0 spiro atoms. The van der Waals surface area contributed by atoms with E-state index in [1.807, 2.05) is 30.3 Å². The van der Waals surface area contributed by atoms with E-state index in [0.29, 0.717) is 11.3 Å². The SMILES string of the molecule is COc1ccc(Nc2nc3c(C(=O)O)ncn3c3cnccc23)cc1. The van der Waals surface area contributed by atoms with E-state index >= 15 is 0 Å². The highest BCUT2D eigenvalue weighted by Gasteiger charge is 2.17. The lowest BCUT2D eigenvalue weighted by Crippen LogP contribution is -2.03. The van der Waals surface area contributed by atoms with Crippen molar-refractivity contribution in [3.8, 4) is 5.75 Å². The zero-order valence-corrected chi connectivity index (χ0v) is 13.2. The Labute approximate surface area is 141 Å². The van der Waals surface area contributed by atoms with Crippen LogP contribution in [-0.4, -0.2) is 37.5 Å². The minimum Gasteiger partial charge on any atom is -0.497 e. The topological polar surface area (TPSA) is 102 Å². The van der Waals surface area contributed by atoms with Crippen LogP contribution in [0.3, 0.4) is 0 Å². The molecule has 2 N–H and O–H groups in total. The molecular formula is C17H13N5O3. The van der Waals surface area contributed by atoms with Crippen LogP contribution in [0.4, 0.5) is 11.5 Å². The van der Waals surface area contributed by atoms with Gasteiger partial charge in [0.05, 0.1) is 18.8 Å². The number of imidazole rings is 1. The van der Waals surface area contributed by atoms with Gasteiger partial charge in [0.1, 0.15) is 17.9 Å². The molecule has 4 rings (SSSR count). The first-order chi connectivity index (χ1) is 12.2. The van der Waals surface area contributed by atoms with Gasteiger partial charge in [-0.2, -0.15) is 0 Å². The Morgan fingerprint density at radius 3 is 2.76 bits per heavy atom. The van der Waals surface area contributed by atoms with Crippen molar-refractivity contribution >= 4 is 34.0 Å². The second-order valence-corrected chi connectivity index (χ2v) is 5.30. The summed E-state index contributed by atoms with van der Waals surface area (Å²) in [5.41, 5.74) is 1.66. The fraction of sp³-hybridized carbons (Fsp3) is 0.0588. The molecule has 0 aliphatic heterocycles. The molecule has 0 saturated heterocycles. The first-order valence-corrected chi connectivity index (χ1v) is 7.42. The summed E-state index contributed by atoms with van der Waals surface area (Å²) in [5.74, 6) is 0.138. The number of hydrogen-bond donors (Lipinski definition) is 2. The van der Waals surface area contributed by atoms with E-state index in [4.69, 9.17) is 4.74 Å². The second-order valence-electron chi connectivity index (χ2n) is 5.30. The fourth-order valence-electron chi connectivity index (χ4n) is 2.63. The quantitative estimate of drug-likeness (QED) is 0.591. The summed E-state index contributed by atoms with van der Waals surface area (Å²) in [5, 5.41) is 13.3. The third-order valence-corrected chi connectivity index (χ3v) is 3.83. The summed E-state index contributed by atoms with van der Waals surface area (Å²) in [6.45, 7) is 0. The lowest BCUT2D eigenvalue weighted by atomic mass is 10.2. The van der Waals surface area contributed by atoms with Crippen LogP contribution in [0.25, 0.3) is 16.6 Å². The first kappa shape index (κ1) is 14.9. The highest BCUT2D eigenvalue weighted by atomic mass is 16.5. The smallest absolute Gasteiger partial charge is 0.358 e. The van der Waals surface area contributed by atoms with E-state index in [-0.39, 0.29) is 11.3 Å². The maximum absolute atomic E-state index is 11.4. The fourth-order valence-corrected chi connectivity index (χ4v) is 2.63. The maximum Gasteiger partial charge on any atom is 0.358 e. The van der Waals surface area contributed by atoms with Gasteiger partial charge in [-0.1, -0.05) is 0 Å². The van der Waals surface area contributed by atoms with Gasteiger partial charge < -0.3 is 15.2 Å². The number of rotatable bonds is 4. The molecule has 0 atom stereocenters. The van der Waals surface area contributed by atoms with Crippen LogP contribution in [0.1, 0.15) is 10.5 Å². The summed E-state index contributed by atoms with van der Waals surface area (Å²) in [7, 11) is 1.60. The molecule has 3 heterocycles. The highest BCUT2D eigenvalue weighted by molar-refractivity contribution is 5.97. The largest absolute Gasteiger partial charge is 0.497 e. The lowest BCUT2D eigenvalue weighted by Gasteiger charge is -2.11. The van der Waals surface area contributed by atoms with Crippen LogP contribution in [0.15, 0.2) is 49.1 Å². The Kier molecular flexibility index (Phi) is 3.42. The normalized spacial score (nSPS) is 10.9. The highest BCUT2D eigenvalue weighted by Crippen LogP contribution is 2.27. The number of fused-ring (bicyclic) bond motifs is 3. The van der Waals surface area contributed by atoms with Crippen LogP contribution in [0.2, 0.25) is 0 Å². The van der Waals surface area contributed by atoms with Gasteiger partial charge in [-0.05, 0) is 30.3 Å². The van der Waals surface area contributed by atoms with Crippen molar-refractivity contribution in [3.05, 3.63) is 54.7 Å². The monoisotopic (exact) mass is 335 g/mol. The molecule has 0 amide bonds. The number of nitrogens with zero attached hydrogens (tertiary/aromatic N) is 4. The minimum atomic E-state index is -1.13. The van der Waals surface area contributed by atoms with Crippen LogP contribution < -0.4 is 10.1 Å². The number of pyridine rings is 1. The number of nitrogens with one attached hydrogen (secondary N) is 1. The van der Waals surface area contributed by atoms with Crippen molar-refractivity contribution in [1.82, 2.24) is 19.4 Å². The molecule has 0 unspecified atom stereocenters. The Balaban J connectivity index is 1.90. The number of methoxy groups -OCH3 is 1. The summed E-state index contributed by atoms with van der Waals surface area (Å²) in [4.78, 5) is 23.9. The van der Waals surface area contributed by atoms with Crippen molar-refractivity contribution in [2.75, 3.05) is 12.4 Å². The van der Waals surface area contributed by atoms with E-state index < -0.39 is 5.97 Å². The van der Waals surface area contributed by atoms with Crippen molar-refractivity contribution in [1.29, 1.82) is 0 Å². The first-order valence-electron chi connectivity index (χ1n) is 7.42. The molecule has 8 heteroatoms. The van der Waals surface area contributed by atoms with E-state index in [0.717, 1.165) is 16.8 Å². The molecule has 1 aromatic carbocycles. The Bertz CT molecular complexity index is 1090. The molecule has 8 nitrogen and oxygen atoms in total. The predicted molar refractivity (Wildman–Crippen MR) is 91.5 cm³/mol. The standard InChI is InChI=1S/C17H13N5O3/c1-25-11-4-2-10(3-5-11)20-15-12-6-7-18-8-13(12)22-9-19-14(17(23)24)16(22)21-15/h2-9H,1H3,(H,20,21)(H,23,24). The van der Waals surface area contributed by atoms with Gasteiger partial charge in [-0.25, -0.2) is 14.8 Å². The predicted octanol–water partition coefficient (Wildman–Crippen LogP) is 2.73. The Morgan fingerprint density at radius 2 is 2.04 bits per heavy atom. The Morgan fingerprint density at radius 1 is 1.24 bits per heavy atom. The number of carboxylic acid groups (broad SMARTS) is 1. The number of benzene rings is 1. The molecule has 4 aromatic rings. The summed E-state index contributed by atoms with van der Waals surface area (Å²) < 4.78 is 6.77. The Hall–Kier alpha value is -3.68. The zero-order chi connectivity index (χ0) is 17.4. The summed E-state index contributed by atoms with van der Waals surface area (Å²) in [6, 6.07) is 9.17. The molecule has 124 valence electrons. The van der Waals surface area contributed by atoms with Gasteiger partial charge >= 0.3 is 5.97 Å². The molecule has 25 heavy (non-hydrogen) atoms. The molecule has 0 saturated carbocycles. The number of hydrogen-bond acceptors (Lipinski definition) is 6. The third-order valence-electron chi connectivity index (χ3n) is 3.83. The van der Waals surface area contributed by atoms with E-state index in [2.05, 4.69) is 20.3 Å². The number of aromatic carboxylic acids is 1. The average molecular weight is 335 g/mol. The molecule has 0 aliphatic carbocycles. The van der Waals surface area contributed by atoms with Crippen molar-refractivity contribution in [3.63, 3.8) is 0 Å². The number of ether oxygens (including phenoxy) is 1. The van der Waals surface area contributed by atoms with Crippen LogP contribution in [0.5, 0.6) is 5.75 Å². The van der Waals surface area contributed by atoms with Crippen molar-refractivity contribution < 1.29 is 14.6 Å². The van der Waals surface area contributed by atoms with E-state index in [1.54, 1.807) is 23.9 Å². The number of aromatic nitrogens is 4. The average Bonchev–Trinajstić information content (AvgIpc) is 3.07. The number of carbonyl (C=O) groups is 1. The summed E-state index contributed by atoms with van der Waals surface area (Å²) >= 11 is 0. The minimum absolute atomic E-state index is 0.108. The van der Waals surface area contributed by atoms with Crippen molar-refractivity contribution in [2.24, 2.45) is 0 Å². The molecule has 0 bridgehead atoms. The third kappa shape index (κ3) is 2.49. The molecule has 0 aliphatic rings. The van der Waals surface area contributed by atoms with Crippen LogP contribution in [-0.2, 0) is 0 Å². The van der Waals surface area contributed by atoms with Crippen molar-refractivity contribution in [2.45, 2.75) is 0 Å². The molecular weight excluding hydrogens is 322 g/mol. The maximum atomic E-state index is 11.4. The summed E-state index contributed by atoms with van der Waals surface area (Å²) in [6.07, 6.45) is 4.74. The molecule has 0 radical (unpaired) electrons. The second kappa shape index (κ2) is 5.75.